The van der Waals surface area contributed by atoms with Crippen LogP contribution in [0.15, 0.2) is 18.5 Å². The van der Waals surface area contributed by atoms with E-state index in [1.807, 2.05) is 6.07 Å². The Morgan fingerprint density at radius 2 is 2.46 bits per heavy atom. The molecule has 0 fully saturated rings. The molecule has 0 amide bonds. The van der Waals surface area contributed by atoms with E-state index in [4.69, 9.17) is 0 Å². The number of pyridine rings is 1. The van der Waals surface area contributed by atoms with E-state index >= 15 is 0 Å². The smallest absolute Gasteiger partial charge is 0.108 e. The van der Waals surface area contributed by atoms with Crippen molar-refractivity contribution >= 4 is 21.6 Å². The number of hydrogen-bond donors (Lipinski definition) is 1. The molecule has 0 aliphatic rings. The maximum absolute atomic E-state index is 4.44. The minimum Gasteiger partial charge on any atom is -0.311 e. The fourth-order valence-corrected chi connectivity index (χ4v) is 2.04. The van der Waals surface area contributed by atoms with Gasteiger partial charge < -0.3 is 5.32 Å². The fraction of sp³-hybridized carbons (Fsp3) is 0.333. The molecule has 4 heteroatoms. The van der Waals surface area contributed by atoms with E-state index in [9.17, 15) is 0 Å². The van der Waals surface area contributed by atoms with Crippen LogP contribution >= 0.6 is 11.3 Å². The van der Waals surface area contributed by atoms with Crippen LogP contribution in [0.25, 0.3) is 10.2 Å². The van der Waals surface area contributed by atoms with Crippen molar-refractivity contribution in [3.05, 3.63) is 23.5 Å². The summed E-state index contributed by atoms with van der Waals surface area (Å²) in [5.41, 5.74) is 1.00. The first-order chi connectivity index (χ1) is 6.40. The maximum Gasteiger partial charge on any atom is 0.108 e. The Morgan fingerprint density at radius 3 is 3.23 bits per heavy atom. The van der Waals surface area contributed by atoms with Gasteiger partial charge in [-0.25, -0.2) is 4.98 Å². The van der Waals surface area contributed by atoms with Gasteiger partial charge in [-0.15, -0.1) is 11.3 Å². The molecule has 0 spiro atoms. The molecule has 3 nitrogen and oxygen atoms in total. The van der Waals surface area contributed by atoms with E-state index in [1.54, 1.807) is 23.7 Å². The Morgan fingerprint density at radius 1 is 1.54 bits per heavy atom. The summed E-state index contributed by atoms with van der Waals surface area (Å²) < 4.78 is 1.21. The third kappa shape index (κ3) is 1.84. The van der Waals surface area contributed by atoms with Crippen molar-refractivity contribution in [3.63, 3.8) is 0 Å². The average Bonchev–Trinajstić information content (AvgIpc) is 2.57. The monoisotopic (exact) mass is 193 g/mol. The molecule has 0 radical (unpaired) electrons. The van der Waals surface area contributed by atoms with Gasteiger partial charge in [-0.05, 0) is 12.6 Å². The molecule has 0 saturated heterocycles. The third-order valence-corrected chi connectivity index (χ3v) is 2.80. The van der Waals surface area contributed by atoms with Crippen molar-refractivity contribution in [1.82, 2.24) is 15.3 Å². The number of thiazole rings is 1. The Bertz CT molecular complexity index is 363. The first-order valence-corrected chi connectivity index (χ1v) is 5.12. The molecule has 0 aliphatic heterocycles. The highest BCUT2D eigenvalue weighted by molar-refractivity contribution is 7.18. The molecular weight excluding hydrogens is 182 g/mol. The summed E-state index contributed by atoms with van der Waals surface area (Å²) in [6.45, 7) is 3.93. The van der Waals surface area contributed by atoms with E-state index < -0.39 is 0 Å². The lowest BCUT2D eigenvalue weighted by molar-refractivity contribution is 0.724. The van der Waals surface area contributed by atoms with Gasteiger partial charge in [-0.2, -0.15) is 0 Å². The molecular formula is C9H11N3S. The number of nitrogens with one attached hydrogen (secondary N) is 1. The molecule has 0 aromatic carbocycles. The second-order valence-electron chi connectivity index (χ2n) is 2.73. The molecule has 13 heavy (non-hydrogen) atoms. The lowest BCUT2D eigenvalue weighted by atomic mass is 10.4. The van der Waals surface area contributed by atoms with Crippen molar-refractivity contribution in [2.24, 2.45) is 0 Å². The first-order valence-electron chi connectivity index (χ1n) is 4.30. The molecule has 0 bridgehead atoms. The van der Waals surface area contributed by atoms with Gasteiger partial charge >= 0.3 is 0 Å². The lowest BCUT2D eigenvalue weighted by Gasteiger charge is -1.93. The summed E-state index contributed by atoms with van der Waals surface area (Å²) in [6, 6.07) is 2.00. The summed E-state index contributed by atoms with van der Waals surface area (Å²) >= 11 is 1.72. The van der Waals surface area contributed by atoms with Crippen LogP contribution in [0.1, 0.15) is 11.9 Å². The van der Waals surface area contributed by atoms with Crippen molar-refractivity contribution in [3.8, 4) is 0 Å². The summed E-state index contributed by atoms with van der Waals surface area (Å²) in [7, 11) is 0. The second kappa shape index (κ2) is 3.81. The summed E-state index contributed by atoms with van der Waals surface area (Å²) in [6.07, 6.45) is 3.61. The number of nitrogens with zero attached hydrogens (tertiary/aromatic N) is 2. The molecule has 2 heterocycles. The Kier molecular flexibility index (Phi) is 2.52. The van der Waals surface area contributed by atoms with E-state index in [2.05, 4.69) is 22.2 Å². The zero-order valence-corrected chi connectivity index (χ0v) is 8.27. The van der Waals surface area contributed by atoms with Gasteiger partial charge in [0, 0.05) is 12.7 Å². The normalized spacial score (nSPS) is 10.8. The van der Waals surface area contributed by atoms with Gasteiger partial charge in [0.2, 0.25) is 0 Å². The van der Waals surface area contributed by atoms with Gasteiger partial charge in [0.25, 0.3) is 0 Å². The van der Waals surface area contributed by atoms with Crippen LogP contribution in [0.5, 0.6) is 0 Å². The van der Waals surface area contributed by atoms with E-state index in [1.165, 1.54) is 4.70 Å². The molecule has 0 unspecified atom stereocenters. The molecule has 2 aromatic heterocycles. The van der Waals surface area contributed by atoms with Gasteiger partial charge in [0.15, 0.2) is 0 Å². The van der Waals surface area contributed by atoms with Gasteiger partial charge in [0.05, 0.1) is 16.4 Å². The highest BCUT2D eigenvalue weighted by atomic mass is 32.1. The van der Waals surface area contributed by atoms with Crippen LogP contribution < -0.4 is 5.32 Å². The minimum absolute atomic E-state index is 0.857. The third-order valence-electron chi connectivity index (χ3n) is 1.76. The summed E-state index contributed by atoms with van der Waals surface area (Å²) in [5.74, 6) is 0. The Hall–Kier alpha value is -1.00. The van der Waals surface area contributed by atoms with Crippen molar-refractivity contribution in [2.45, 2.75) is 13.5 Å². The number of aromatic nitrogens is 2. The number of fused-ring (bicyclic) bond motifs is 1. The summed E-state index contributed by atoms with van der Waals surface area (Å²) in [4.78, 5) is 8.47. The van der Waals surface area contributed by atoms with Crippen LogP contribution in [0.2, 0.25) is 0 Å². The van der Waals surface area contributed by atoms with Crippen LogP contribution in [-0.2, 0) is 6.54 Å². The standard InChI is InChI=1S/C9H11N3S/c1-2-10-6-9-12-7-5-11-4-3-8(7)13-9/h3-5,10H,2,6H2,1H3. The quantitative estimate of drug-likeness (QED) is 0.807. The number of rotatable bonds is 3. The molecule has 0 aliphatic carbocycles. The van der Waals surface area contributed by atoms with Crippen LogP contribution in [0.4, 0.5) is 0 Å². The highest BCUT2D eigenvalue weighted by Crippen LogP contribution is 2.20. The van der Waals surface area contributed by atoms with E-state index in [-0.39, 0.29) is 0 Å². The molecule has 1 N–H and O–H groups in total. The van der Waals surface area contributed by atoms with Crippen LogP contribution in [0.3, 0.4) is 0 Å². The van der Waals surface area contributed by atoms with E-state index in [0.29, 0.717) is 0 Å². The van der Waals surface area contributed by atoms with Gasteiger partial charge in [-0.3, -0.25) is 4.98 Å². The first kappa shape index (κ1) is 8.59. The highest BCUT2D eigenvalue weighted by Gasteiger charge is 2.01. The SMILES string of the molecule is CCNCc1nc2cnccc2s1. The topological polar surface area (TPSA) is 37.8 Å². The zero-order valence-electron chi connectivity index (χ0n) is 7.45. The molecule has 0 atom stereocenters. The molecule has 2 rings (SSSR count). The van der Waals surface area contributed by atoms with Crippen molar-refractivity contribution < 1.29 is 0 Å². The number of hydrogen-bond acceptors (Lipinski definition) is 4. The lowest BCUT2D eigenvalue weighted by Crippen LogP contribution is -2.11. The van der Waals surface area contributed by atoms with Crippen LogP contribution in [0, 0.1) is 0 Å². The summed E-state index contributed by atoms with van der Waals surface area (Å²) in [5, 5.41) is 4.38. The largest absolute Gasteiger partial charge is 0.311 e. The van der Waals surface area contributed by atoms with Crippen LogP contribution in [-0.4, -0.2) is 16.5 Å². The molecule has 68 valence electrons. The Balaban J connectivity index is 2.28. The predicted molar refractivity (Wildman–Crippen MR) is 54.8 cm³/mol. The second-order valence-corrected chi connectivity index (χ2v) is 3.85. The molecule has 2 aromatic rings. The van der Waals surface area contributed by atoms with E-state index in [0.717, 1.165) is 23.6 Å². The van der Waals surface area contributed by atoms with Gasteiger partial charge in [-0.1, -0.05) is 6.92 Å². The zero-order chi connectivity index (χ0) is 9.10. The Labute approximate surface area is 80.8 Å². The van der Waals surface area contributed by atoms with Gasteiger partial charge in [0.1, 0.15) is 5.01 Å². The fourth-order valence-electron chi connectivity index (χ4n) is 1.14. The predicted octanol–water partition coefficient (Wildman–Crippen LogP) is 1.80. The average molecular weight is 193 g/mol. The van der Waals surface area contributed by atoms with Crippen molar-refractivity contribution in [2.75, 3.05) is 6.54 Å². The van der Waals surface area contributed by atoms with Crippen molar-refractivity contribution in [1.29, 1.82) is 0 Å². The maximum atomic E-state index is 4.44. The minimum atomic E-state index is 0.857. The molecule has 0 saturated carbocycles.